The predicted octanol–water partition coefficient (Wildman–Crippen LogP) is 6.69. The minimum atomic E-state index is -1.68. The normalized spacial score (nSPS) is 12.7. The van der Waals surface area contributed by atoms with E-state index in [1.165, 1.54) is 54.2 Å². The first-order valence-corrected chi connectivity index (χ1v) is 15.7. The average Bonchev–Trinajstić information content (AvgIpc) is 3.19. The number of pyridine rings is 2. The molecule has 0 saturated heterocycles. The fraction of sp³-hybridized carbons (Fsp3) is 0.161. The zero-order valence-electron chi connectivity index (χ0n) is 20.7. The molecule has 0 fully saturated rings. The van der Waals surface area contributed by atoms with Gasteiger partial charge in [-0.3, -0.25) is 0 Å². The lowest BCUT2D eigenvalue weighted by atomic mass is 9.92. The van der Waals surface area contributed by atoms with E-state index in [0.29, 0.717) is 0 Å². The molecule has 0 atom stereocenters. The van der Waals surface area contributed by atoms with Gasteiger partial charge in [0.2, 0.25) is 5.52 Å². The Bertz CT molecular complexity index is 2070. The van der Waals surface area contributed by atoms with Crippen molar-refractivity contribution in [3.05, 3.63) is 78.0 Å². The highest BCUT2D eigenvalue weighted by Gasteiger charge is 2.31. The molecule has 0 bridgehead atoms. The van der Waals surface area contributed by atoms with Crippen molar-refractivity contribution < 1.29 is 4.57 Å². The SMILES string of the molecule is Cc1c2ccccc2c(C#N)c2c1c1c3c(cc[n+]1C)cc([Si](C)(C)C)c1c4ccccc4n2c13. The second kappa shape index (κ2) is 6.59. The summed E-state index contributed by atoms with van der Waals surface area (Å²) in [6, 6.07) is 24.5. The Morgan fingerprint density at radius 1 is 0.829 bits per heavy atom. The minimum absolute atomic E-state index is 0.755. The summed E-state index contributed by atoms with van der Waals surface area (Å²) in [5.41, 5.74) is 6.65. The molecule has 0 amide bonds. The lowest BCUT2D eigenvalue weighted by molar-refractivity contribution is -0.643. The van der Waals surface area contributed by atoms with Gasteiger partial charge in [-0.05, 0) is 34.5 Å². The number of hydrogen-bond donors (Lipinski definition) is 0. The second-order valence-corrected chi connectivity index (χ2v) is 15.9. The number of benzene rings is 4. The molecule has 7 rings (SSSR count). The molecule has 35 heavy (non-hydrogen) atoms. The third-order valence-corrected chi connectivity index (χ3v) is 9.88. The van der Waals surface area contributed by atoms with Crippen molar-refractivity contribution in [3.8, 4) is 6.07 Å². The molecule has 0 N–H and O–H groups in total. The zero-order valence-corrected chi connectivity index (χ0v) is 21.7. The van der Waals surface area contributed by atoms with Crippen molar-refractivity contribution in [1.82, 2.24) is 4.40 Å². The van der Waals surface area contributed by atoms with Crippen molar-refractivity contribution in [2.24, 2.45) is 7.05 Å². The molecule has 3 heterocycles. The average molecular weight is 469 g/mol. The fourth-order valence-electron chi connectivity index (χ4n) is 6.35. The summed E-state index contributed by atoms with van der Waals surface area (Å²) in [6.07, 6.45) is 2.18. The van der Waals surface area contributed by atoms with Crippen molar-refractivity contribution in [2.45, 2.75) is 26.6 Å². The van der Waals surface area contributed by atoms with Crippen LogP contribution in [0.15, 0.2) is 66.9 Å². The summed E-state index contributed by atoms with van der Waals surface area (Å²) in [5.74, 6) is 0. The molecule has 0 unspecified atom stereocenters. The maximum Gasteiger partial charge on any atom is 0.224 e. The maximum absolute atomic E-state index is 10.6. The van der Waals surface area contributed by atoms with E-state index in [0.717, 1.165) is 21.9 Å². The first-order valence-electron chi connectivity index (χ1n) is 12.2. The number of hydrogen-bond acceptors (Lipinski definition) is 1. The third-order valence-electron chi connectivity index (χ3n) is 7.87. The molecule has 4 heteroatoms. The van der Waals surface area contributed by atoms with Gasteiger partial charge >= 0.3 is 0 Å². The van der Waals surface area contributed by atoms with Crippen molar-refractivity contribution >= 4 is 73.0 Å². The van der Waals surface area contributed by atoms with Crippen LogP contribution in [0.4, 0.5) is 0 Å². The first-order chi connectivity index (χ1) is 16.8. The smallest absolute Gasteiger partial charge is 0.224 e. The molecule has 0 aliphatic rings. The zero-order chi connectivity index (χ0) is 24.2. The van der Waals surface area contributed by atoms with Crippen LogP contribution in [-0.4, -0.2) is 12.5 Å². The van der Waals surface area contributed by atoms with Crippen LogP contribution in [0.3, 0.4) is 0 Å². The molecule has 3 nitrogen and oxygen atoms in total. The van der Waals surface area contributed by atoms with E-state index in [1.54, 1.807) is 0 Å². The van der Waals surface area contributed by atoms with Gasteiger partial charge in [0.25, 0.3) is 0 Å². The molecular formula is C31H26N3Si+. The number of fused-ring (bicyclic) bond motifs is 7. The number of nitrogens with zero attached hydrogens (tertiary/aromatic N) is 3. The number of aromatic nitrogens is 2. The van der Waals surface area contributed by atoms with Gasteiger partial charge in [-0.1, -0.05) is 68.2 Å². The van der Waals surface area contributed by atoms with E-state index in [4.69, 9.17) is 0 Å². The molecular weight excluding hydrogens is 442 g/mol. The Labute approximate surface area is 204 Å². The summed E-state index contributed by atoms with van der Waals surface area (Å²) >= 11 is 0. The van der Waals surface area contributed by atoms with Crippen LogP contribution in [0.2, 0.25) is 19.6 Å². The molecule has 168 valence electrons. The molecule has 7 aromatic rings. The highest BCUT2D eigenvalue weighted by atomic mass is 28.3. The van der Waals surface area contributed by atoms with Gasteiger partial charge in [-0.25, -0.2) is 4.57 Å². The fourth-order valence-corrected chi connectivity index (χ4v) is 7.95. The standard InChI is InChI=1S/C31H26N3Si/c1-18-20-10-6-7-11-21(20)23(17-32)29-26(18)30-27-19(14-15-33(30)2)16-25(35(3,4)5)28-22-12-8-9-13-24(22)34(29)31(27)28/h6-16H,1-5H3/q+1. The van der Waals surface area contributed by atoms with Crippen LogP contribution in [0.5, 0.6) is 0 Å². The number of rotatable bonds is 1. The largest absolute Gasteiger partial charge is 0.306 e. The summed E-state index contributed by atoms with van der Waals surface area (Å²) in [7, 11) is 0.456. The van der Waals surface area contributed by atoms with Crippen molar-refractivity contribution in [2.75, 3.05) is 0 Å². The topological polar surface area (TPSA) is 32.1 Å². The van der Waals surface area contributed by atoms with Gasteiger partial charge in [0, 0.05) is 22.2 Å². The van der Waals surface area contributed by atoms with E-state index in [-0.39, 0.29) is 0 Å². The maximum atomic E-state index is 10.6. The molecule has 0 radical (unpaired) electrons. The molecule has 0 aliphatic carbocycles. The third kappa shape index (κ3) is 2.41. The number of nitriles is 1. The molecule has 4 aromatic carbocycles. The monoisotopic (exact) mass is 468 g/mol. The molecule has 0 saturated carbocycles. The van der Waals surface area contributed by atoms with Crippen LogP contribution in [0, 0.1) is 18.3 Å². The number of para-hydroxylation sites is 1. The van der Waals surface area contributed by atoms with Gasteiger partial charge in [-0.15, -0.1) is 0 Å². The number of aryl methyl sites for hydroxylation is 2. The van der Waals surface area contributed by atoms with Gasteiger partial charge in [0.1, 0.15) is 13.1 Å². The Hall–Kier alpha value is -3.94. The Morgan fingerprint density at radius 2 is 1.51 bits per heavy atom. The van der Waals surface area contributed by atoms with Crippen LogP contribution in [0.25, 0.3) is 59.8 Å². The second-order valence-electron chi connectivity index (χ2n) is 10.9. The van der Waals surface area contributed by atoms with Gasteiger partial charge in [0.15, 0.2) is 6.20 Å². The molecule has 0 spiro atoms. The van der Waals surface area contributed by atoms with Crippen molar-refractivity contribution in [1.29, 1.82) is 5.26 Å². The Kier molecular flexibility index (Phi) is 3.85. The summed E-state index contributed by atoms with van der Waals surface area (Å²) in [5, 5.41) is 20.6. The quantitative estimate of drug-likeness (QED) is 0.114. The lowest BCUT2D eigenvalue weighted by Crippen LogP contribution is -2.38. The van der Waals surface area contributed by atoms with Crippen molar-refractivity contribution in [3.63, 3.8) is 0 Å². The van der Waals surface area contributed by atoms with E-state index < -0.39 is 8.07 Å². The van der Waals surface area contributed by atoms with E-state index in [9.17, 15) is 5.26 Å². The Balaban J connectivity index is 2.01. The Morgan fingerprint density at radius 3 is 2.23 bits per heavy atom. The predicted molar refractivity (Wildman–Crippen MR) is 150 cm³/mol. The minimum Gasteiger partial charge on any atom is -0.306 e. The van der Waals surface area contributed by atoms with Crippen LogP contribution in [0.1, 0.15) is 11.1 Å². The van der Waals surface area contributed by atoms with E-state index >= 15 is 0 Å². The molecule has 0 aliphatic heterocycles. The van der Waals surface area contributed by atoms with Gasteiger partial charge in [0.05, 0.1) is 41.0 Å². The van der Waals surface area contributed by atoms with Crippen LogP contribution < -0.4 is 9.75 Å². The van der Waals surface area contributed by atoms with Gasteiger partial charge < -0.3 is 4.40 Å². The summed E-state index contributed by atoms with van der Waals surface area (Å²) < 4.78 is 4.66. The summed E-state index contributed by atoms with van der Waals surface area (Å²) in [4.78, 5) is 0. The lowest BCUT2D eigenvalue weighted by Gasteiger charge is -2.21. The summed E-state index contributed by atoms with van der Waals surface area (Å²) in [6.45, 7) is 9.51. The van der Waals surface area contributed by atoms with E-state index in [2.05, 4.69) is 109 Å². The highest BCUT2D eigenvalue weighted by molar-refractivity contribution is 6.91. The van der Waals surface area contributed by atoms with E-state index in [1.807, 2.05) is 6.07 Å². The highest BCUT2D eigenvalue weighted by Crippen LogP contribution is 2.43. The molecule has 3 aromatic heterocycles. The van der Waals surface area contributed by atoms with Crippen LogP contribution >= 0.6 is 0 Å². The van der Waals surface area contributed by atoms with Gasteiger partial charge in [-0.2, -0.15) is 5.26 Å². The first kappa shape index (κ1) is 20.4. The van der Waals surface area contributed by atoms with Crippen LogP contribution in [-0.2, 0) is 7.05 Å².